The van der Waals surface area contributed by atoms with E-state index in [1.807, 2.05) is 5.38 Å². The van der Waals surface area contributed by atoms with Gasteiger partial charge in [-0.05, 0) is 44.0 Å². The van der Waals surface area contributed by atoms with Crippen molar-refractivity contribution in [2.45, 2.75) is 38.8 Å². The molecule has 0 aliphatic carbocycles. The second-order valence-corrected chi connectivity index (χ2v) is 6.25. The quantitative estimate of drug-likeness (QED) is 0.821. The average molecular weight is 308 g/mol. The molecule has 21 heavy (non-hydrogen) atoms. The van der Waals surface area contributed by atoms with E-state index in [2.05, 4.69) is 24.1 Å². The van der Waals surface area contributed by atoms with Gasteiger partial charge in [-0.15, -0.1) is 11.3 Å². The second-order valence-electron chi connectivity index (χ2n) is 5.39. The summed E-state index contributed by atoms with van der Waals surface area (Å²) in [7, 11) is 0. The largest absolute Gasteiger partial charge is 0.396 e. The third kappa shape index (κ3) is 4.33. The standard InChI is InChI=1S/C16H21FN2OS/c1-3-16(2,8-9-20)18-10-14-11-21-15(19-14)12-4-6-13(17)7-5-12/h4-7,11,18,20H,3,8-10H2,1-2H3. The highest BCUT2D eigenvalue weighted by Crippen LogP contribution is 2.24. The van der Waals surface area contributed by atoms with Gasteiger partial charge in [0.2, 0.25) is 0 Å². The Labute approximate surface area is 128 Å². The van der Waals surface area contributed by atoms with Crippen LogP contribution in [0.2, 0.25) is 0 Å². The van der Waals surface area contributed by atoms with Gasteiger partial charge in [0.25, 0.3) is 0 Å². The van der Waals surface area contributed by atoms with Gasteiger partial charge in [0.05, 0.1) is 5.69 Å². The van der Waals surface area contributed by atoms with Crippen molar-refractivity contribution in [3.63, 3.8) is 0 Å². The fourth-order valence-corrected chi connectivity index (χ4v) is 2.88. The molecule has 1 aromatic heterocycles. The molecule has 0 saturated heterocycles. The third-order valence-corrected chi connectivity index (χ3v) is 4.72. The van der Waals surface area contributed by atoms with Crippen molar-refractivity contribution in [3.05, 3.63) is 41.2 Å². The first-order valence-electron chi connectivity index (χ1n) is 7.12. The Balaban J connectivity index is 2.02. The lowest BCUT2D eigenvalue weighted by Crippen LogP contribution is -2.42. The third-order valence-electron chi connectivity index (χ3n) is 3.78. The first kappa shape index (κ1) is 16.1. The molecule has 5 heteroatoms. The van der Waals surface area contributed by atoms with E-state index in [9.17, 15) is 4.39 Å². The van der Waals surface area contributed by atoms with E-state index in [1.165, 1.54) is 12.1 Å². The Hall–Kier alpha value is -1.30. The van der Waals surface area contributed by atoms with Gasteiger partial charge in [0.1, 0.15) is 10.8 Å². The van der Waals surface area contributed by atoms with E-state index in [0.717, 1.165) is 29.1 Å². The van der Waals surface area contributed by atoms with Gasteiger partial charge in [-0.3, -0.25) is 0 Å². The maximum absolute atomic E-state index is 12.9. The summed E-state index contributed by atoms with van der Waals surface area (Å²) in [6.07, 6.45) is 1.67. The maximum Gasteiger partial charge on any atom is 0.123 e. The molecule has 2 rings (SSSR count). The van der Waals surface area contributed by atoms with Crippen LogP contribution in [0.5, 0.6) is 0 Å². The van der Waals surface area contributed by atoms with Crippen LogP contribution in [0.25, 0.3) is 10.6 Å². The fourth-order valence-electron chi connectivity index (χ4n) is 2.05. The molecule has 1 heterocycles. The van der Waals surface area contributed by atoms with Crippen molar-refractivity contribution < 1.29 is 9.50 Å². The molecule has 1 aromatic carbocycles. The summed E-state index contributed by atoms with van der Waals surface area (Å²) >= 11 is 1.56. The molecular formula is C16H21FN2OS. The average Bonchev–Trinajstić information content (AvgIpc) is 2.95. The normalized spacial score (nSPS) is 14.1. The van der Waals surface area contributed by atoms with Crippen LogP contribution in [0.1, 0.15) is 32.4 Å². The molecule has 114 valence electrons. The van der Waals surface area contributed by atoms with Crippen LogP contribution in [-0.4, -0.2) is 22.2 Å². The smallest absolute Gasteiger partial charge is 0.123 e. The number of thiazole rings is 1. The fraction of sp³-hybridized carbons (Fsp3) is 0.438. The van der Waals surface area contributed by atoms with Crippen LogP contribution >= 0.6 is 11.3 Å². The number of nitrogens with zero attached hydrogens (tertiary/aromatic N) is 1. The summed E-state index contributed by atoms with van der Waals surface area (Å²) in [4.78, 5) is 4.58. The molecular weight excluding hydrogens is 287 g/mol. The molecule has 0 bridgehead atoms. The summed E-state index contributed by atoms with van der Waals surface area (Å²) in [5.74, 6) is -0.236. The lowest BCUT2D eigenvalue weighted by Gasteiger charge is -2.28. The number of aromatic nitrogens is 1. The molecule has 0 fully saturated rings. The number of rotatable bonds is 7. The zero-order valence-electron chi connectivity index (χ0n) is 12.4. The summed E-state index contributed by atoms with van der Waals surface area (Å²) in [5, 5.41) is 15.5. The highest BCUT2D eigenvalue weighted by Gasteiger charge is 2.20. The SMILES string of the molecule is CCC(C)(CCO)NCc1csc(-c2ccc(F)cc2)n1. The topological polar surface area (TPSA) is 45.1 Å². The number of halogens is 1. The Kier molecular flexibility index (Phi) is 5.45. The van der Waals surface area contributed by atoms with E-state index in [1.54, 1.807) is 23.5 Å². The zero-order chi connectivity index (χ0) is 15.3. The number of aliphatic hydroxyl groups is 1. The summed E-state index contributed by atoms with van der Waals surface area (Å²) < 4.78 is 12.9. The van der Waals surface area contributed by atoms with Crippen molar-refractivity contribution in [1.29, 1.82) is 0 Å². The van der Waals surface area contributed by atoms with Gasteiger partial charge in [-0.25, -0.2) is 9.37 Å². The van der Waals surface area contributed by atoms with Crippen LogP contribution in [-0.2, 0) is 6.54 Å². The van der Waals surface area contributed by atoms with E-state index in [4.69, 9.17) is 5.11 Å². The van der Waals surface area contributed by atoms with Crippen LogP contribution < -0.4 is 5.32 Å². The predicted octanol–water partition coefficient (Wildman–Crippen LogP) is 3.59. The minimum atomic E-state index is -0.236. The van der Waals surface area contributed by atoms with E-state index < -0.39 is 0 Å². The Bertz CT molecular complexity index is 570. The molecule has 2 N–H and O–H groups in total. The number of benzene rings is 1. The second kappa shape index (κ2) is 7.11. The summed E-state index contributed by atoms with van der Waals surface area (Å²) in [6, 6.07) is 6.38. The Morgan fingerprint density at radius 3 is 2.67 bits per heavy atom. The van der Waals surface area contributed by atoms with Crippen molar-refractivity contribution in [3.8, 4) is 10.6 Å². The van der Waals surface area contributed by atoms with Crippen LogP contribution in [0.3, 0.4) is 0 Å². The van der Waals surface area contributed by atoms with E-state index in [-0.39, 0.29) is 18.0 Å². The van der Waals surface area contributed by atoms with Crippen molar-refractivity contribution in [1.82, 2.24) is 10.3 Å². The first-order valence-corrected chi connectivity index (χ1v) is 8.00. The highest BCUT2D eigenvalue weighted by atomic mass is 32.1. The van der Waals surface area contributed by atoms with Gasteiger partial charge in [-0.1, -0.05) is 6.92 Å². The molecule has 0 spiro atoms. The van der Waals surface area contributed by atoms with Crippen LogP contribution in [0.4, 0.5) is 4.39 Å². The van der Waals surface area contributed by atoms with Crippen molar-refractivity contribution in [2.24, 2.45) is 0 Å². The van der Waals surface area contributed by atoms with Crippen molar-refractivity contribution >= 4 is 11.3 Å². The highest BCUT2D eigenvalue weighted by molar-refractivity contribution is 7.13. The molecule has 3 nitrogen and oxygen atoms in total. The Morgan fingerprint density at radius 2 is 2.05 bits per heavy atom. The van der Waals surface area contributed by atoms with Crippen molar-refractivity contribution in [2.75, 3.05) is 6.61 Å². The molecule has 0 radical (unpaired) electrons. The molecule has 1 unspecified atom stereocenters. The molecule has 0 aliphatic heterocycles. The van der Waals surface area contributed by atoms with Crippen LogP contribution in [0.15, 0.2) is 29.6 Å². The van der Waals surface area contributed by atoms with Gasteiger partial charge in [-0.2, -0.15) is 0 Å². The van der Waals surface area contributed by atoms with Crippen LogP contribution in [0, 0.1) is 5.82 Å². The lowest BCUT2D eigenvalue weighted by molar-refractivity contribution is 0.214. The maximum atomic E-state index is 12.9. The number of nitrogens with one attached hydrogen (secondary N) is 1. The minimum absolute atomic E-state index is 0.0750. The first-order chi connectivity index (χ1) is 10.1. The number of aliphatic hydroxyl groups excluding tert-OH is 1. The predicted molar refractivity (Wildman–Crippen MR) is 84.7 cm³/mol. The molecule has 0 aliphatic rings. The zero-order valence-corrected chi connectivity index (χ0v) is 13.2. The number of hydrogen-bond acceptors (Lipinski definition) is 4. The Morgan fingerprint density at radius 1 is 1.33 bits per heavy atom. The van der Waals surface area contributed by atoms with E-state index >= 15 is 0 Å². The molecule has 0 amide bonds. The summed E-state index contributed by atoms with van der Waals surface area (Å²) in [6.45, 7) is 5.06. The monoisotopic (exact) mass is 308 g/mol. The van der Waals surface area contributed by atoms with Gasteiger partial charge in [0.15, 0.2) is 0 Å². The van der Waals surface area contributed by atoms with Gasteiger partial charge < -0.3 is 10.4 Å². The van der Waals surface area contributed by atoms with E-state index in [0.29, 0.717) is 6.54 Å². The van der Waals surface area contributed by atoms with Gasteiger partial charge >= 0.3 is 0 Å². The number of hydrogen-bond donors (Lipinski definition) is 2. The minimum Gasteiger partial charge on any atom is -0.396 e. The lowest BCUT2D eigenvalue weighted by atomic mass is 9.95. The van der Waals surface area contributed by atoms with Gasteiger partial charge in [0, 0.05) is 29.6 Å². The molecule has 0 saturated carbocycles. The summed E-state index contributed by atoms with van der Waals surface area (Å²) in [5.41, 5.74) is 1.83. The molecule has 2 aromatic rings. The molecule has 1 atom stereocenters.